The van der Waals surface area contributed by atoms with E-state index in [0.29, 0.717) is 0 Å². The molecule has 1 aliphatic rings. The fourth-order valence-electron chi connectivity index (χ4n) is 1.33. The lowest BCUT2D eigenvalue weighted by molar-refractivity contribution is -0.345. The highest BCUT2D eigenvalue weighted by Crippen LogP contribution is 2.26. The second-order valence-corrected chi connectivity index (χ2v) is 2.97. The van der Waals surface area contributed by atoms with Crippen molar-refractivity contribution in [2.24, 2.45) is 0 Å². The van der Waals surface area contributed by atoms with E-state index in [4.69, 9.17) is 14.9 Å². The Morgan fingerprint density at radius 2 is 2.15 bits per heavy atom. The van der Waals surface area contributed by atoms with Crippen molar-refractivity contribution in [1.29, 1.82) is 0 Å². The third-order valence-electron chi connectivity index (χ3n) is 2.21. The normalized spacial score (nSPS) is 46.4. The zero-order chi connectivity index (χ0) is 10.1. The Hall–Kier alpha value is -0.240. The number of hydrogen-bond acceptors (Lipinski definition) is 6. The van der Waals surface area contributed by atoms with Gasteiger partial charge in [0.05, 0.1) is 13.2 Å². The number of ether oxygens (including phenoxy) is 2. The van der Waals surface area contributed by atoms with Crippen molar-refractivity contribution >= 4 is 0 Å². The summed E-state index contributed by atoms with van der Waals surface area (Å²) in [6, 6.07) is 0. The van der Waals surface area contributed by atoms with Crippen molar-refractivity contribution in [1.82, 2.24) is 0 Å². The summed E-state index contributed by atoms with van der Waals surface area (Å²) in [5.41, 5.74) is 0. The van der Waals surface area contributed by atoms with Crippen LogP contribution in [0.25, 0.3) is 0 Å². The lowest BCUT2D eigenvalue weighted by Gasteiger charge is -2.43. The fourth-order valence-corrected chi connectivity index (χ4v) is 1.33. The predicted octanol–water partition coefficient (Wildman–Crippen LogP) is -2.57. The first kappa shape index (κ1) is 10.8. The van der Waals surface area contributed by atoms with E-state index in [0.717, 1.165) is 7.11 Å². The highest BCUT2D eigenvalue weighted by molar-refractivity contribution is 4.93. The zero-order valence-electron chi connectivity index (χ0n) is 7.25. The molecule has 6 heteroatoms. The number of rotatable bonds is 2. The Morgan fingerprint density at radius 1 is 1.54 bits per heavy atom. The predicted molar refractivity (Wildman–Crippen MR) is 40.8 cm³/mol. The van der Waals surface area contributed by atoms with Crippen LogP contribution in [0.4, 0.5) is 0 Å². The molecule has 0 aromatic carbocycles. The average molecular weight is 194 g/mol. The highest BCUT2D eigenvalue weighted by atomic mass is 16.7. The van der Waals surface area contributed by atoms with Gasteiger partial charge in [0.2, 0.25) is 5.79 Å². The van der Waals surface area contributed by atoms with Crippen LogP contribution in [-0.4, -0.2) is 64.8 Å². The van der Waals surface area contributed by atoms with Crippen molar-refractivity contribution in [2.75, 3.05) is 20.3 Å². The quantitative estimate of drug-likeness (QED) is 0.361. The zero-order valence-corrected chi connectivity index (χ0v) is 7.25. The Bertz CT molecular complexity index is 170. The van der Waals surface area contributed by atoms with Gasteiger partial charge in [-0.05, 0) is 0 Å². The molecule has 1 heterocycles. The standard InChI is InChI=1S/C7H14O6/c1-12-7(11)5(2-8)13-3-4(9)6(7)10/h4-6,8-11H,2-3H2,1H3/t4-,5+,6+,7-/m0/s1. The molecule has 1 aliphatic heterocycles. The minimum Gasteiger partial charge on any atom is -0.393 e. The summed E-state index contributed by atoms with van der Waals surface area (Å²) in [6.45, 7) is -0.633. The Balaban J connectivity index is 2.80. The largest absolute Gasteiger partial charge is 0.393 e. The van der Waals surface area contributed by atoms with Gasteiger partial charge in [-0.3, -0.25) is 0 Å². The molecule has 0 bridgehead atoms. The SMILES string of the molecule is CO[C@]1(O)[C@H](O)[C@@H](O)CO[C@@H]1CO. The van der Waals surface area contributed by atoms with Crippen molar-refractivity contribution in [3.63, 3.8) is 0 Å². The van der Waals surface area contributed by atoms with Crippen LogP contribution in [0.1, 0.15) is 0 Å². The molecule has 0 aromatic heterocycles. The third kappa shape index (κ3) is 1.69. The molecule has 0 spiro atoms. The monoisotopic (exact) mass is 194 g/mol. The van der Waals surface area contributed by atoms with Gasteiger partial charge in [-0.25, -0.2) is 0 Å². The Morgan fingerprint density at radius 3 is 2.62 bits per heavy atom. The molecule has 1 rings (SSSR count). The van der Waals surface area contributed by atoms with E-state index < -0.39 is 30.7 Å². The van der Waals surface area contributed by atoms with E-state index in [1.807, 2.05) is 0 Å². The summed E-state index contributed by atoms with van der Waals surface area (Å²) < 4.78 is 9.51. The van der Waals surface area contributed by atoms with Gasteiger partial charge in [0, 0.05) is 7.11 Å². The van der Waals surface area contributed by atoms with Crippen LogP contribution in [0.2, 0.25) is 0 Å². The molecule has 0 aromatic rings. The first-order chi connectivity index (χ1) is 6.06. The van der Waals surface area contributed by atoms with Gasteiger partial charge >= 0.3 is 0 Å². The van der Waals surface area contributed by atoms with E-state index in [1.165, 1.54) is 0 Å². The van der Waals surface area contributed by atoms with Gasteiger partial charge in [-0.15, -0.1) is 0 Å². The molecule has 4 atom stereocenters. The minimum atomic E-state index is -2.05. The molecule has 1 fully saturated rings. The molecule has 1 saturated heterocycles. The molecular weight excluding hydrogens is 180 g/mol. The van der Waals surface area contributed by atoms with Crippen LogP contribution in [-0.2, 0) is 9.47 Å². The summed E-state index contributed by atoms with van der Waals surface area (Å²) in [6.07, 6.45) is -3.74. The Labute approximate surface area is 75.3 Å². The molecule has 0 aliphatic carbocycles. The van der Waals surface area contributed by atoms with Crippen molar-refractivity contribution in [2.45, 2.75) is 24.1 Å². The topological polar surface area (TPSA) is 99.4 Å². The summed E-state index contributed by atoms with van der Waals surface area (Å²) >= 11 is 0. The second-order valence-electron chi connectivity index (χ2n) is 2.97. The molecule has 0 radical (unpaired) electrons. The molecule has 78 valence electrons. The smallest absolute Gasteiger partial charge is 0.223 e. The molecule has 4 N–H and O–H groups in total. The fraction of sp³-hybridized carbons (Fsp3) is 1.00. The van der Waals surface area contributed by atoms with E-state index in [9.17, 15) is 10.2 Å². The van der Waals surface area contributed by atoms with Crippen LogP contribution in [0.15, 0.2) is 0 Å². The molecule has 0 saturated carbocycles. The van der Waals surface area contributed by atoms with Gasteiger partial charge in [-0.1, -0.05) is 0 Å². The highest BCUT2D eigenvalue weighted by Gasteiger charge is 2.51. The summed E-state index contributed by atoms with van der Waals surface area (Å²) in [5, 5.41) is 37.0. The number of hydrogen-bond donors (Lipinski definition) is 4. The number of aliphatic hydroxyl groups excluding tert-OH is 3. The first-order valence-electron chi connectivity index (χ1n) is 3.92. The molecule has 13 heavy (non-hydrogen) atoms. The first-order valence-corrected chi connectivity index (χ1v) is 3.92. The minimum absolute atomic E-state index is 0.141. The Kier molecular flexibility index (Phi) is 3.23. The summed E-state index contributed by atoms with van der Waals surface area (Å²) in [4.78, 5) is 0. The summed E-state index contributed by atoms with van der Waals surface area (Å²) in [7, 11) is 1.16. The van der Waals surface area contributed by atoms with E-state index in [1.54, 1.807) is 0 Å². The molecule has 0 unspecified atom stereocenters. The lowest BCUT2D eigenvalue weighted by atomic mass is 9.96. The van der Waals surface area contributed by atoms with E-state index >= 15 is 0 Å². The molecule has 0 amide bonds. The van der Waals surface area contributed by atoms with Gasteiger partial charge in [0.25, 0.3) is 0 Å². The average Bonchev–Trinajstić information content (AvgIpc) is 2.15. The summed E-state index contributed by atoms with van der Waals surface area (Å²) in [5.74, 6) is -2.05. The van der Waals surface area contributed by atoms with E-state index in [2.05, 4.69) is 4.74 Å². The van der Waals surface area contributed by atoms with Crippen molar-refractivity contribution in [3.8, 4) is 0 Å². The van der Waals surface area contributed by atoms with Crippen molar-refractivity contribution in [3.05, 3.63) is 0 Å². The van der Waals surface area contributed by atoms with Crippen LogP contribution in [0.5, 0.6) is 0 Å². The van der Waals surface area contributed by atoms with Gasteiger partial charge < -0.3 is 29.9 Å². The second kappa shape index (κ2) is 3.87. The van der Waals surface area contributed by atoms with Crippen LogP contribution < -0.4 is 0 Å². The van der Waals surface area contributed by atoms with Crippen LogP contribution >= 0.6 is 0 Å². The number of methoxy groups -OCH3 is 1. The maximum Gasteiger partial charge on any atom is 0.223 e. The van der Waals surface area contributed by atoms with Gasteiger partial charge in [-0.2, -0.15) is 0 Å². The lowest BCUT2D eigenvalue weighted by Crippen LogP contribution is -2.64. The van der Waals surface area contributed by atoms with Gasteiger partial charge in [0.1, 0.15) is 18.3 Å². The van der Waals surface area contributed by atoms with Gasteiger partial charge in [0.15, 0.2) is 0 Å². The molecular formula is C7H14O6. The maximum absolute atomic E-state index is 9.66. The third-order valence-corrected chi connectivity index (χ3v) is 2.21. The van der Waals surface area contributed by atoms with Crippen LogP contribution in [0.3, 0.4) is 0 Å². The maximum atomic E-state index is 9.66. The van der Waals surface area contributed by atoms with Crippen LogP contribution in [0, 0.1) is 0 Å². The molecule has 6 nitrogen and oxygen atoms in total. The van der Waals surface area contributed by atoms with Crippen molar-refractivity contribution < 1.29 is 29.9 Å². The number of aliphatic hydroxyl groups is 4. The van der Waals surface area contributed by atoms with E-state index in [-0.39, 0.29) is 6.61 Å².